The monoisotopic (exact) mass is 357 g/mol. The molecule has 1 aromatic heterocycles. The van der Waals surface area contributed by atoms with E-state index in [0.717, 1.165) is 25.1 Å². The van der Waals surface area contributed by atoms with Crippen LogP contribution in [0.2, 0.25) is 10.0 Å². The molecule has 23 heavy (non-hydrogen) atoms. The van der Waals surface area contributed by atoms with Gasteiger partial charge >= 0.3 is 0 Å². The Hall–Kier alpha value is -1.87. The van der Waals surface area contributed by atoms with Crippen LogP contribution in [-0.4, -0.2) is 0 Å². The molecule has 0 saturated heterocycles. The molecule has 0 fully saturated rings. The van der Waals surface area contributed by atoms with Crippen LogP contribution in [0.15, 0.2) is 71.5 Å². The van der Waals surface area contributed by atoms with Crippen molar-refractivity contribution in [3.8, 4) is 4.90 Å². The molecule has 0 aliphatic carbocycles. The van der Waals surface area contributed by atoms with Crippen LogP contribution >= 0.6 is 33.7 Å². The van der Waals surface area contributed by atoms with Crippen LogP contribution in [0.5, 0.6) is 0 Å². The van der Waals surface area contributed by atoms with Gasteiger partial charge in [-0.2, -0.15) is 0 Å². The van der Waals surface area contributed by atoms with Crippen molar-refractivity contribution in [2.24, 2.45) is 0 Å². The summed E-state index contributed by atoms with van der Waals surface area (Å²) in [5.41, 5.74) is 0.0585. The highest BCUT2D eigenvalue weighted by Crippen LogP contribution is 2.49. The minimum absolute atomic E-state index is 0.0585. The standard InChI is InChI=1S/C19H11Cl2OS/c20-14-8-5-9-15(21)19(14)23-16-10-3-1-6-12(16)18(22)13-7-2-4-11-17(13)23/h1-11H/q+1. The highest BCUT2D eigenvalue weighted by molar-refractivity contribution is 7.50. The second-order valence-electron chi connectivity index (χ2n) is 5.18. The second-order valence-corrected chi connectivity index (χ2v) is 7.89. The fourth-order valence-corrected chi connectivity index (χ4v) is 6.08. The Bertz CT molecular complexity index is 1040. The molecule has 0 saturated carbocycles. The van der Waals surface area contributed by atoms with E-state index in [2.05, 4.69) is 0 Å². The van der Waals surface area contributed by atoms with Gasteiger partial charge in [0.2, 0.25) is 10.3 Å². The van der Waals surface area contributed by atoms with Gasteiger partial charge in [-0.05, 0) is 36.4 Å². The zero-order valence-corrected chi connectivity index (χ0v) is 14.3. The van der Waals surface area contributed by atoms with Crippen molar-refractivity contribution < 1.29 is 0 Å². The van der Waals surface area contributed by atoms with E-state index in [9.17, 15) is 4.79 Å². The van der Waals surface area contributed by atoms with Crippen LogP contribution in [0.1, 0.15) is 0 Å². The van der Waals surface area contributed by atoms with E-state index in [4.69, 9.17) is 23.2 Å². The topological polar surface area (TPSA) is 17.1 Å². The molecular weight excluding hydrogens is 347 g/mol. The Labute approximate surface area is 145 Å². The zero-order valence-electron chi connectivity index (χ0n) is 11.9. The van der Waals surface area contributed by atoms with E-state index >= 15 is 0 Å². The van der Waals surface area contributed by atoms with Crippen LogP contribution in [0.3, 0.4) is 0 Å². The first-order valence-corrected chi connectivity index (χ1v) is 9.07. The van der Waals surface area contributed by atoms with Gasteiger partial charge in [-0.1, -0.05) is 53.5 Å². The number of hydrogen-bond donors (Lipinski definition) is 0. The summed E-state index contributed by atoms with van der Waals surface area (Å²) in [4.78, 5) is 13.7. The maximum absolute atomic E-state index is 12.8. The first kappa shape index (κ1) is 14.7. The third-order valence-corrected chi connectivity index (χ3v) is 7.12. The molecule has 0 amide bonds. The molecule has 4 rings (SSSR count). The summed E-state index contributed by atoms with van der Waals surface area (Å²) in [6.45, 7) is 0. The molecule has 4 heteroatoms. The highest BCUT2D eigenvalue weighted by atomic mass is 35.5. The lowest BCUT2D eigenvalue weighted by Gasteiger charge is -2.05. The van der Waals surface area contributed by atoms with Crippen molar-refractivity contribution in [3.05, 3.63) is 87.0 Å². The minimum Gasteiger partial charge on any atom is -0.288 e. The van der Waals surface area contributed by atoms with Crippen molar-refractivity contribution >= 4 is 53.8 Å². The maximum atomic E-state index is 12.8. The number of rotatable bonds is 1. The summed E-state index contributed by atoms with van der Waals surface area (Å²) in [5.74, 6) is 0. The maximum Gasteiger partial charge on any atom is 0.216 e. The zero-order chi connectivity index (χ0) is 16.0. The van der Waals surface area contributed by atoms with Gasteiger partial charge in [0.05, 0.1) is 10.8 Å². The predicted molar refractivity (Wildman–Crippen MR) is 102 cm³/mol. The first-order chi connectivity index (χ1) is 11.2. The lowest BCUT2D eigenvalue weighted by molar-refractivity contribution is 1.73. The normalized spacial score (nSPS) is 11.2. The number of hydrogen-bond acceptors (Lipinski definition) is 1. The third-order valence-electron chi connectivity index (χ3n) is 3.83. The summed E-state index contributed by atoms with van der Waals surface area (Å²) in [6.07, 6.45) is 0. The molecule has 112 valence electrons. The third kappa shape index (κ3) is 2.26. The van der Waals surface area contributed by atoms with Crippen molar-refractivity contribution in [2.75, 3.05) is 0 Å². The summed E-state index contributed by atoms with van der Waals surface area (Å²) >= 11 is 12.9. The van der Waals surface area contributed by atoms with Crippen molar-refractivity contribution in [1.82, 2.24) is 0 Å². The molecule has 0 N–H and O–H groups in total. The Morgan fingerprint density at radius 2 is 1.13 bits per heavy atom. The van der Waals surface area contributed by atoms with E-state index < -0.39 is 10.5 Å². The molecular formula is C19H11Cl2OS+. The number of halogens is 2. The van der Waals surface area contributed by atoms with E-state index in [-0.39, 0.29) is 5.43 Å². The van der Waals surface area contributed by atoms with E-state index in [1.165, 1.54) is 0 Å². The van der Waals surface area contributed by atoms with Crippen molar-refractivity contribution in [1.29, 1.82) is 0 Å². The molecule has 0 bridgehead atoms. The second kappa shape index (κ2) is 5.64. The molecule has 0 aliphatic heterocycles. The lowest BCUT2D eigenvalue weighted by Crippen LogP contribution is -2.02. The highest BCUT2D eigenvalue weighted by Gasteiger charge is 2.26. The van der Waals surface area contributed by atoms with Gasteiger partial charge in [0.1, 0.15) is 10.0 Å². The van der Waals surface area contributed by atoms with Gasteiger partial charge < -0.3 is 0 Å². The van der Waals surface area contributed by atoms with E-state index in [1.54, 1.807) is 0 Å². The van der Waals surface area contributed by atoms with Gasteiger partial charge in [-0.25, -0.2) is 0 Å². The van der Waals surface area contributed by atoms with Gasteiger partial charge in [0.25, 0.3) is 0 Å². The first-order valence-electron chi connectivity index (χ1n) is 7.09. The van der Waals surface area contributed by atoms with Crippen LogP contribution in [-0.2, 0) is 0 Å². The molecule has 0 unspecified atom stereocenters. The molecule has 0 aliphatic rings. The van der Waals surface area contributed by atoms with E-state index in [0.29, 0.717) is 10.0 Å². The van der Waals surface area contributed by atoms with Crippen LogP contribution in [0.4, 0.5) is 0 Å². The molecule has 1 nitrogen and oxygen atoms in total. The van der Waals surface area contributed by atoms with E-state index in [1.807, 2.05) is 66.7 Å². The van der Waals surface area contributed by atoms with Gasteiger partial charge in [-0.3, -0.25) is 4.79 Å². The number of fused-ring (bicyclic) bond motifs is 2. The molecule has 0 radical (unpaired) electrons. The summed E-state index contributed by atoms with van der Waals surface area (Å²) in [5, 5.41) is 2.70. The van der Waals surface area contributed by atoms with Gasteiger partial charge in [0, 0.05) is 10.5 Å². The number of benzene rings is 3. The van der Waals surface area contributed by atoms with Crippen LogP contribution < -0.4 is 5.43 Å². The lowest BCUT2D eigenvalue weighted by atomic mass is 10.2. The largest absolute Gasteiger partial charge is 0.288 e. The average molecular weight is 358 g/mol. The average Bonchev–Trinajstić information content (AvgIpc) is 2.57. The van der Waals surface area contributed by atoms with Gasteiger partial charge in [0.15, 0.2) is 9.40 Å². The van der Waals surface area contributed by atoms with Crippen LogP contribution in [0.25, 0.3) is 25.1 Å². The fourth-order valence-electron chi connectivity index (χ4n) is 2.83. The Morgan fingerprint density at radius 1 is 0.652 bits per heavy atom. The van der Waals surface area contributed by atoms with Crippen molar-refractivity contribution in [2.45, 2.75) is 0 Å². The van der Waals surface area contributed by atoms with Crippen molar-refractivity contribution in [3.63, 3.8) is 0 Å². The fraction of sp³-hybridized carbons (Fsp3) is 0. The summed E-state index contributed by atoms with van der Waals surface area (Å²) in [6, 6.07) is 20.9. The smallest absolute Gasteiger partial charge is 0.216 e. The molecule has 3 aromatic carbocycles. The SMILES string of the molecule is O=c1c2ccccc2[s+](-c2c(Cl)cccc2Cl)c2ccccc12. The summed E-state index contributed by atoms with van der Waals surface area (Å²) < 4.78 is 1.96. The minimum atomic E-state index is -0.486. The Kier molecular flexibility index (Phi) is 3.61. The molecule has 1 heterocycles. The van der Waals surface area contributed by atoms with Gasteiger partial charge in [-0.15, -0.1) is 0 Å². The van der Waals surface area contributed by atoms with Crippen LogP contribution in [0, 0.1) is 0 Å². The Morgan fingerprint density at radius 3 is 1.65 bits per heavy atom. The quantitative estimate of drug-likeness (QED) is 0.284. The predicted octanol–water partition coefficient (Wildman–Crippen LogP) is 6.40. The molecule has 4 aromatic rings. The Balaban J connectivity index is 2.34. The molecule has 0 atom stereocenters. The molecule has 0 spiro atoms. The summed E-state index contributed by atoms with van der Waals surface area (Å²) in [7, 11) is -0.486.